The number of rotatable bonds is 2. The zero-order valence-electron chi connectivity index (χ0n) is 9.78. The Bertz CT molecular complexity index is 421. The summed E-state index contributed by atoms with van der Waals surface area (Å²) in [5.74, 6) is 2.08. The number of benzene rings is 1. The fourth-order valence-electron chi connectivity index (χ4n) is 1.40. The van der Waals surface area contributed by atoms with E-state index in [9.17, 15) is 4.21 Å². The molecule has 0 N–H and O–H groups in total. The van der Waals surface area contributed by atoms with Crippen molar-refractivity contribution < 1.29 is 13.7 Å². The fourth-order valence-corrected chi connectivity index (χ4v) is 2.31. The Kier molecular flexibility index (Phi) is 2.93. The minimum Gasteiger partial charge on any atom is -0.454 e. The van der Waals surface area contributed by atoms with Crippen LogP contribution in [0.15, 0.2) is 18.2 Å². The Hall–Kier alpha value is -1.03. The zero-order valence-corrected chi connectivity index (χ0v) is 10.6. The second kappa shape index (κ2) is 4.09. The van der Waals surface area contributed by atoms with Gasteiger partial charge in [0.1, 0.15) is 0 Å². The molecule has 1 atom stereocenters. The van der Waals surface area contributed by atoms with Crippen LogP contribution in [0.2, 0.25) is 0 Å². The van der Waals surface area contributed by atoms with Crippen molar-refractivity contribution in [1.82, 2.24) is 0 Å². The maximum atomic E-state index is 12.0. The highest BCUT2D eigenvalue weighted by molar-refractivity contribution is 7.85. The highest BCUT2D eigenvalue weighted by atomic mass is 32.2. The lowest BCUT2D eigenvalue weighted by atomic mass is 10.2. The quantitative estimate of drug-likeness (QED) is 0.796. The molecule has 1 aliphatic rings. The Balaban J connectivity index is 2.14. The molecule has 0 fully saturated rings. The standard InChI is InChI=1S/C12H16O3S/c1-12(2,3)16(13)7-9-4-5-10-11(6-9)15-8-14-10/h4-6H,7-8H2,1-3H3. The predicted octanol–water partition coefficient (Wildman–Crippen LogP) is 2.46. The maximum Gasteiger partial charge on any atom is 0.231 e. The van der Waals surface area contributed by atoms with E-state index in [1.165, 1.54) is 0 Å². The average Bonchev–Trinajstić information content (AvgIpc) is 2.63. The molecule has 1 aliphatic heterocycles. The molecular formula is C12H16O3S. The predicted molar refractivity (Wildman–Crippen MR) is 64.2 cm³/mol. The Morgan fingerprint density at radius 3 is 2.62 bits per heavy atom. The van der Waals surface area contributed by atoms with E-state index in [-0.39, 0.29) is 11.5 Å². The van der Waals surface area contributed by atoms with Gasteiger partial charge in [0.25, 0.3) is 0 Å². The van der Waals surface area contributed by atoms with Crippen LogP contribution >= 0.6 is 0 Å². The minimum absolute atomic E-state index is 0.184. The lowest BCUT2D eigenvalue weighted by Gasteiger charge is -2.17. The van der Waals surface area contributed by atoms with Crippen molar-refractivity contribution in [1.29, 1.82) is 0 Å². The molecule has 0 aromatic heterocycles. The topological polar surface area (TPSA) is 35.5 Å². The summed E-state index contributed by atoms with van der Waals surface area (Å²) in [4.78, 5) is 0. The molecule has 0 aliphatic carbocycles. The Labute approximate surface area is 98.2 Å². The van der Waals surface area contributed by atoms with E-state index in [0.717, 1.165) is 17.1 Å². The zero-order chi connectivity index (χ0) is 11.8. The van der Waals surface area contributed by atoms with Crippen molar-refractivity contribution >= 4 is 10.8 Å². The van der Waals surface area contributed by atoms with Gasteiger partial charge < -0.3 is 9.47 Å². The maximum absolute atomic E-state index is 12.0. The van der Waals surface area contributed by atoms with Gasteiger partial charge in [0.05, 0.1) is 0 Å². The molecule has 1 heterocycles. The number of fused-ring (bicyclic) bond motifs is 1. The second-order valence-corrected chi connectivity index (χ2v) is 6.99. The van der Waals surface area contributed by atoms with Crippen molar-refractivity contribution in [2.75, 3.05) is 6.79 Å². The fraction of sp³-hybridized carbons (Fsp3) is 0.500. The molecule has 2 rings (SSSR count). The van der Waals surface area contributed by atoms with E-state index in [1.54, 1.807) is 0 Å². The SMILES string of the molecule is CC(C)(C)S(=O)Cc1ccc2c(c1)OCO2. The molecule has 0 radical (unpaired) electrons. The summed E-state index contributed by atoms with van der Waals surface area (Å²) in [6.45, 7) is 6.23. The van der Waals surface area contributed by atoms with E-state index in [0.29, 0.717) is 5.75 Å². The van der Waals surface area contributed by atoms with Crippen LogP contribution in [0, 0.1) is 0 Å². The minimum atomic E-state index is -0.881. The van der Waals surface area contributed by atoms with Crippen molar-refractivity contribution in [3.63, 3.8) is 0 Å². The summed E-state index contributed by atoms with van der Waals surface area (Å²) >= 11 is 0. The molecule has 0 saturated carbocycles. The molecule has 0 saturated heterocycles. The van der Waals surface area contributed by atoms with Crippen molar-refractivity contribution in [3.8, 4) is 11.5 Å². The van der Waals surface area contributed by atoms with Gasteiger partial charge in [0, 0.05) is 21.3 Å². The highest BCUT2D eigenvalue weighted by Gasteiger charge is 2.21. The third kappa shape index (κ3) is 2.38. The van der Waals surface area contributed by atoms with Gasteiger partial charge in [-0.05, 0) is 38.5 Å². The van der Waals surface area contributed by atoms with Gasteiger partial charge in [-0.15, -0.1) is 0 Å². The Morgan fingerprint density at radius 1 is 1.25 bits per heavy atom. The molecule has 1 unspecified atom stereocenters. The highest BCUT2D eigenvalue weighted by Crippen LogP contribution is 2.33. The summed E-state index contributed by atoms with van der Waals surface area (Å²) in [5, 5.41) is 0. The normalized spacial score (nSPS) is 16.2. The first kappa shape index (κ1) is 11.5. The molecule has 16 heavy (non-hydrogen) atoms. The van der Waals surface area contributed by atoms with Gasteiger partial charge in [0.15, 0.2) is 11.5 Å². The third-order valence-electron chi connectivity index (χ3n) is 2.42. The summed E-state index contributed by atoms with van der Waals surface area (Å²) in [5.41, 5.74) is 1.03. The van der Waals surface area contributed by atoms with Gasteiger partial charge >= 0.3 is 0 Å². The third-order valence-corrected chi connectivity index (χ3v) is 4.38. The van der Waals surface area contributed by atoms with E-state index < -0.39 is 10.8 Å². The first-order valence-corrected chi connectivity index (χ1v) is 6.56. The molecule has 1 aromatic carbocycles. The van der Waals surface area contributed by atoms with Crippen LogP contribution in [0.4, 0.5) is 0 Å². The van der Waals surface area contributed by atoms with Crippen molar-refractivity contribution in [2.45, 2.75) is 31.3 Å². The average molecular weight is 240 g/mol. The van der Waals surface area contributed by atoms with Crippen LogP contribution < -0.4 is 9.47 Å². The smallest absolute Gasteiger partial charge is 0.231 e. The lowest BCUT2D eigenvalue weighted by Crippen LogP contribution is -2.22. The first-order valence-electron chi connectivity index (χ1n) is 5.24. The lowest BCUT2D eigenvalue weighted by molar-refractivity contribution is 0.174. The summed E-state index contributed by atoms with van der Waals surface area (Å²) in [6.07, 6.45) is 0. The Morgan fingerprint density at radius 2 is 1.94 bits per heavy atom. The number of hydrogen-bond donors (Lipinski definition) is 0. The van der Waals surface area contributed by atoms with Crippen LogP contribution in [-0.4, -0.2) is 15.7 Å². The molecule has 1 aromatic rings. The van der Waals surface area contributed by atoms with Crippen LogP contribution in [-0.2, 0) is 16.6 Å². The van der Waals surface area contributed by atoms with Crippen LogP contribution in [0.1, 0.15) is 26.3 Å². The molecule has 4 heteroatoms. The second-order valence-electron chi connectivity index (χ2n) is 4.79. The van der Waals surface area contributed by atoms with E-state index >= 15 is 0 Å². The summed E-state index contributed by atoms with van der Waals surface area (Å²) in [6, 6.07) is 5.72. The van der Waals surface area contributed by atoms with Gasteiger partial charge in [0.2, 0.25) is 6.79 Å². The van der Waals surface area contributed by atoms with Crippen molar-refractivity contribution in [2.24, 2.45) is 0 Å². The monoisotopic (exact) mass is 240 g/mol. The van der Waals surface area contributed by atoms with Gasteiger partial charge in [-0.3, -0.25) is 4.21 Å². The van der Waals surface area contributed by atoms with Gasteiger partial charge in [-0.1, -0.05) is 6.07 Å². The molecule has 0 bridgehead atoms. The van der Waals surface area contributed by atoms with E-state index in [2.05, 4.69) is 0 Å². The van der Waals surface area contributed by atoms with Gasteiger partial charge in [-0.25, -0.2) is 0 Å². The first-order chi connectivity index (χ1) is 7.47. The van der Waals surface area contributed by atoms with E-state index in [1.807, 2.05) is 39.0 Å². The van der Waals surface area contributed by atoms with Crippen LogP contribution in [0.5, 0.6) is 11.5 Å². The van der Waals surface area contributed by atoms with E-state index in [4.69, 9.17) is 9.47 Å². The molecule has 3 nitrogen and oxygen atoms in total. The van der Waals surface area contributed by atoms with Gasteiger partial charge in [-0.2, -0.15) is 0 Å². The number of ether oxygens (including phenoxy) is 2. The largest absolute Gasteiger partial charge is 0.454 e. The number of hydrogen-bond acceptors (Lipinski definition) is 3. The van der Waals surface area contributed by atoms with Crippen molar-refractivity contribution in [3.05, 3.63) is 23.8 Å². The molecule has 88 valence electrons. The summed E-state index contributed by atoms with van der Waals surface area (Å²) < 4.78 is 22.3. The van der Waals surface area contributed by atoms with Crippen LogP contribution in [0.3, 0.4) is 0 Å². The molecule has 0 amide bonds. The molecular weight excluding hydrogens is 224 g/mol. The molecule has 0 spiro atoms. The summed E-state index contributed by atoms with van der Waals surface area (Å²) in [7, 11) is -0.881. The van der Waals surface area contributed by atoms with Crippen LogP contribution in [0.25, 0.3) is 0 Å².